The van der Waals surface area contributed by atoms with E-state index in [-0.39, 0.29) is 5.56 Å². The summed E-state index contributed by atoms with van der Waals surface area (Å²) in [5, 5.41) is 1.48. The first-order chi connectivity index (χ1) is 13.0. The van der Waals surface area contributed by atoms with Crippen molar-refractivity contribution in [3.05, 3.63) is 75.0 Å². The Morgan fingerprint density at radius 1 is 0.926 bits per heavy atom. The van der Waals surface area contributed by atoms with Crippen molar-refractivity contribution >= 4 is 38.1 Å². The summed E-state index contributed by atoms with van der Waals surface area (Å²) in [5.41, 5.74) is 5.78. The molecule has 27 heavy (non-hydrogen) atoms. The van der Waals surface area contributed by atoms with Crippen LogP contribution in [0.3, 0.4) is 0 Å². The Bertz CT molecular complexity index is 1410. The van der Waals surface area contributed by atoms with Crippen LogP contribution in [0.4, 0.5) is 0 Å². The van der Waals surface area contributed by atoms with Crippen LogP contribution in [-0.4, -0.2) is 14.4 Å². The molecule has 2 aromatic carbocycles. The highest BCUT2D eigenvalue weighted by molar-refractivity contribution is 7.17. The van der Waals surface area contributed by atoms with Gasteiger partial charge in [-0.05, 0) is 38.5 Å². The highest BCUT2D eigenvalue weighted by Gasteiger charge is 2.17. The maximum absolute atomic E-state index is 13.4. The zero-order valence-corrected chi connectivity index (χ0v) is 16.1. The van der Waals surface area contributed by atoms with Crippen molar-refractivity contribution in [2.75, 3.05) is 0 Å². The molecule has 132 valence electrons. The number of nitrogens with zero attached hydrogens (tertiary/aromatic N) is 3. The molecule has 0 N–H and O–H groups in total. The van der Waals surface area contributed by atoms with Gasteiger partial charge in [0, 0.05) is 16.5 Å². The molecule has 5 aromatic rings. The lowest BCUT2D eigenvalue weighted by Gasteiger charge is -2.07. The molecule has 0 saturated carbocycles. The van der Waals surface area contributed by atoms with Crippen LogP contribution in [-0.2, 0) is 0 Å². The van der Waals surface area contributed by atoms with Gasteiger partial charge in [-0.2, -0.15) is 0 Å². The van der Waals surface area contributed by atoms with Gasteiger partial charge in [0.15, 0.2) is 4.96 Å². The molecule has 0 spiro atoms. The number of benzene rings is 2. The first kappa shape index (κ1) is 16.1. The summed E-state index contributed by atoms with van der Waals surface area (Å²) in [6, 6.07) is 14.3. The predicted octanol–water partition coefficient (Wildman–Crippen LogP) is 5.05. The molecule has 0 atom stereocenters. The van der Waals surface area contributed by atoms with E-state index in [0.29, 0.717) is 5.39 Å². The maximum Gasteiger partial charge on any atom is 0.268 e. The number of aromatic nitrogens is 3. The Morgan fingerprint density at radius 2 is 1.67 bits per heavy atom. The van der Waals surface area contributed by atoms with Crippen molar-refractivity contribution in [2.45, 2.75) is 20.8 Å². The van der Waals surface area contributed by atoms with E-state index in [1.807, 2.05) is 26.0 Å². The number of aryl methyl sites for hydroxylation is 3. The Balaban J connectivity index is 1.93. The lowest BCUT2D eigenvalue weighted by molar-refractivity contribution is 1.11. The second-order valence-corrected chi connectivity index (χ2v) is 8.13. The van der Waals surface area contributed by atoms with Crippen LogP contribution in [0, 0.1) is 20.8 Å². The van der Waals surface area contributed by atoms with Gasteiger partial charge in [0.05, 0.1) is 22.1 Å². The molecule has 3 heterocycles. The van der Waals surface area contributed by atoms with Crippen LogP contribution in [0.25, 0.3) is 38.0 Å². The van der Waals surface area contributed by atoms with Gasteiger partial charge in [-0.1, -0.05) is 41.5 Å². The summed E-state index contributed by atoms with van der Waals surface area (Å²) in [6.45, 7) is 6.13. The second kappa shape index (κ2) is 5.72. The van der Waals surface area contributed by atoms with Crippen LogP contribution < -0.4 is 5.56 Å². The largest absolute Gasteiger partial charge is 0.268 e. The fraction of sp³-hybridized carbons (Fsp3) is 0.136. The van der Waals surface area contributed by atoms with Crippen LogP contribution in [0.1, 0.15) is 16.0 Å². The minimum absolute atomic E-state index is 0.0640. The molecular formula is C22H17N3OS. The average molecular weight is 371 g/mol. The number of fused-ring (bicyclic) bond motifs is 4. The van der Waals surface area contributed by atoms with Gasteiger partial charge in [0.1, 0.15) is 0 Å². The SMILES string of the molecule is Cc1ccc(-c2c(C)sc3nc4c(cnc5ccc(C)cc54)c(=O)n23)cc1. The molecule has 0 saturated heterocycles. The predicted molar refractivity (Wildman–Crippen MR) is 112 cm³/mol. The Kier molecular flexibility index (Phi) is 3.42. The summed E-state index contributed by atoms with van der Waals surface area (Å²) >= 11 is 1.55. The Hall–Kier alpha value is -3.05. The lowest BCUT2D eigenvalue weighted by Crippen LogP contribution is -2.15. The maximum atomic E-state index is 13.4. The van der Waals surface area contributed by atoms with Crippen LogP contribution >= 0.6 is 11.3 Å². The van der Waals surface area contributed by atoms with E-state index in [1.165, 1.54) is 5.56 Å². The number of hydrogen-bond acceptors (Lipinski definition) is 4. The molecule has 5 heteroatoms. The van der Waals surface area contributed by atoms with Crippen molar-refractivity contribution in [2.24, 2.45) is 0 Å². The second-order valence-electron chi connectivity index (χ2n) is 6.95. The monoisotopic (exact) mass is 371 g/mol. The third kappa shape index (κ3) is 2.39. The van der Waals surface area contributed by atoms with Crippen LogP contribution in [0.2, 0.25) is 0 Å². The van der Waals surface area contributed by atoms with E-state index < -0.39 is 0 Å². The third-order valence-corrected chi connectivity index (χ3v) is 5.91. The first-order valence-electron chi connectivity index (χ1n) is 8.81. The summed E-state index contributed by atoms with van der Waals surface area (Å²) in [6.07, 6.45) is 1.65. The summed E-state index contributed by atoms with van der Waals surface area (Å²) in [7, 11) is 0. The van der Waals surface area contributed by atoms with E-state index in [4.69, 9.17) is 4.98 Å². The minimum atomic E-state index is -0.0640. The Morgan fingerprint density at radius 3 is 2.44 bits per heavy atom. The Labute approximate surface area is 159 Å². The highest BCUT2D eigenvalue weighted by atomic mass is 32.1. The normalized spacial score (nSPS) is 11.7. The molecule has 0 amide bonds. The van der Waals surface area contributed by atoms with E-state index in [0.717, 1.165) is 43.1 Å². The van der Waals surface area contributed by atoms with E-state index in [2.05, 4.69) is 42.2 Å². The fourth-order valence-electron chi connectivity index (χ4n) is 3.57. The topological polar surface area (TPSA) is 47.3 Å². The molecule has 0 aliphatic heterocycles. The van der Waals surface area contributed by atoms with Gasteiger partial charge in [-0.25, -0.2) is 4.98 Å². The zero-order valence-electron chi connectivity index (χ0n) is 15.3. The molecule has 0 unspecified atom stereocenters. The average Bonchev–Trinajstić information content (AvgIpc) is 2.99. The van der Waals surface area contributed by atoms with Gasteiger partial charge in [0.2, 0.25) is 0 Å². The number of hydrogen-bond donors (Lipinski definition) is 0. The number of thiazole rings is 1. The van der Waals surface area contributed by atoms with Gasteiger partial charge in [0.25, 0.3) is 5.56 Å². The standard InChI is InChI=1S/C22H17N3OS/c1-12-4-7-15(8-5-12)20-14(3)27-22-24-19-16-10-13(2)6-9-18(16)23-11-17(19)21(26)25(20)22/h4-11H,1-3H3. The van der Waals surface area contributed by atoms with Crippen molar-refractivity contribution < 1.29 is 0 Å². The minimum Gasteiger partial charge on any atom is -0.268 e. The summed E-state index contributed by atoms with van der Waals surface area (Å²) < 4.78 is 1.73. The summed E-state index contributed by atoms with van der Waals surface area (Å²) in [4.78, 5) is 24.5. The molecule has 0 aliphatic carbocycles. The molecule has 0 fully saturated rings. The van der Waals surface area contributed by atoms with Gasteiger partial charge < -0.3 is 0 Å². The van der Waals surface area contributed by atoms with Crippen molar-refractivity contribution in [3.8, 4) is 11.3 Å². The molecule has 4 nitrogen and oxygen atoms in total. The smallest absolute Gasteiger partial charge is 0.268 e. The zero-order chi connectivity index (χ0) is 18.7. The van der Waals surface area contributed by atoms with Gasteiger partial charge in [-0.3, -0.25) is 14.2 Å². The highest BCUT2D eigenvalue weighted by Crippen LogP contribution is 2.31. The molecule has 0 aliphatic rings. The molecule has 3 aromatic heterocycles. The van der Waals surface area contributed by atoms with E-state index in [1.54, 1.807) is 21.9 Å². The third-order valence-electron chi connectivity index (χ3n) is 4.95. The number of pyridine rings is 1. The van der Waals surface area contributed by atoms with Crippen molar-refractivity contribution in [3.63, 3.8) is 0 Å². The molecular weight excluding hydrogens is 354 g/mol. The van der Waals surface area contributed by atoms with Crippen molar-refractivity contribution in [1.29, 1.82) is 0 Å². The van der Waals surface area contributed by atoms with Gasteiger partial charge in [-0.15, -0.1) is 11.3 Å². The van der Waals surface area contributed by atoms with E-state index >= 15 is 0 Å². The van der Waals surface area contributed by atoms with Crippen LogP contribution in [0.15, 0.2) is 53.5 Å². The molecule has 0 radical (unpaired) electrons. The summed E-state index contributed by atoms with van der Waals surface area (Å²) in [5.74, 6) is 0. The van der Waals surface area contributed by atoms with Crippen LogP contribution in [0.5, 0.6) is 0 Å². The molecule has 5 rings (SSSR count). The number of rotatable bonds is 1. The first-order valence-corrected chi connectivity index (χ1v) is 9.63. The quantitative estimate of drug-likeness (QED) is 0.387. The van der Waals surface area contributed by atoms with E-state index in [9.17, 15) is 4.79 Å². The van der Waals surface area contributed by atoms with Crippen molar-refractivity contribution in [1.82, 2.24) is 14.4 Å². The molecule has 0 bridgehead atoms. The lowest BCUT2D eigenvalue weighted by atomic mass is 10.1. The van der Waals surface area contributed by atoms with Gasteiger partial charge >= 0.3 is 0 Å². The fourth-order valence-corrected chi connectivity index (χ4v) is 4.56.